The number of hydrogen-bond donors (Lipinski definition) is 1. The fraction of sp³-hybridized carbons (Fsp3) is 0.538. The smallest absolute Gasteiger partial charge is 0.252 e. The second-order valence-corrected chi connectivity index (χ2v) is 6.24. The van der Waals surface area contributed by atoms with Gasteiger partial charge in [0.2, 0.25) is 10.0 Å². The van der Waals surface area contributed by atoms with E-state index in [1.807, 2.05) is 6.92 Å². The summed E-state index contributed by atoms with van der Waals surface area (Å²) in [5, 5.41) is 8.83. The van der Waals surface area contributed by atoms with Gasteiger partial charge in [0.25, 0.3) is 6.43 Å². The van der Waals surface area contributed by atoms with Crippen molar-refractivity contribution in [2.24, 2.45) is 0 Å². The Morgan fingerprint density at radius 2 is 1.90 bits per heavy atom. The number of hydrogen-bond acceptors (Lipinski definition) is 4. The maximum Gasteiger partial charge on any atom is 0.252 e. The van der Waals surface area contributed by atoms with E-state index in [-0.39, 0.29) is 11.4 Å². The average molecular weight is 323 g/mol. The van der Waals surface area contributed by atoms with Crippen molar-refractivity contribution in [3.05, 3.63) is 24.3 Å². The zero-order valence-electron chi connectivity index (χ0n) is 11.7. The fourth-order valence-corrected chi connectivity index (χ4v) is 3.06. The molecule has 0 unspecified atom stereocenters. The normalized spacial score (nSPS) is 12.1. The fourth-order valence-electron chi connectivity index (χ4n) is 1.65. The predicted octanol–water partition coefficient (Wildman–Crippen LogP) is 1.72. The Labute approximate surface area is 123 Å². The van der Waals surface area contributed by atoms with Crippen LogP contribution in [0.3, 0.4) is 0 Å². The molecule has 1 aromatic carbocycles. The molecule has 8 heteroatoms. The monoisotopic (exact) mass is 323 g/mol. The lowest BCUT2D eigenvalue weighted by molar-refractivity contribution is 0.113. The molecule has 5 nitrogen and oxygen atoms in total. The van der Waals surface area contributed by atoms with Crippen molar-refractivity contribution >= 4 is 10.0 Å². The summed E-state index contributed by atoms with van der Waals surface area (Å²) in [4.78, 5) is -0.111. The zero-order chi connectivity index (χ0) is 15.9. The molecule has 0 aliphatic carbocycles. The molecule has 0 fully saturated rings. The summed E-state index contributed by atoms with van der Waals surface area (Å²) in [7, 11) is -4.06. The van der Waals surface area contributed by atoms with Crippen molar-refractivity contribution in [3.8, 4) is 5.75 Å². The van der Waals surface area contributed by atoms with E-state index in [9.17, 15) is 17.2 Å². The highest BCUT2D eigenvalue weighted by atomic mass is 32.2. The van der Waals surface area contributed by atoms with Crippen LogP contribution >= 0.6 is 0 Å². The number of alkyl halides is 2. The molecule has 0 saturated carbocycles. The van der Waals surface area contributed by atoms with Gasteiger partial charge in [-0.3, -0.25) is 0 Å². The Morgan fingerprint density at radius 1 is 1.29 bits per heavy atom. The molecule has 0 aliphatic heterocycles. The topological polar surface area (TPSA) is 66.8 Å². The Hall–Kier alpha value is -1.25. The Balaban J connectivity index is 2.93. The number of nitrogens with zero attached hydrogens (tertiary/aromatic N) is 1. The molecule has 0 bridgehead atoms. The van der Waals surface area contributed by atoms with Gasteiger partial charge in [0.15, 0.2) is 0 Å². The van der Waals surface area contributed by atoms with Gasteiger partial charge >= 0.3 is 0 Å². The largest absolute Gasteiger partial charge is 0.494 e. The van der Waals surface area contributed by atoms with Crippen LogP contribution in [0, 0.1) is 0 Å². The molecule has 0 saturated heterocycles. The molecule has 1 N–H and O–H groups in total. The Kier molecular flexibility index (Phi) is 7.00. The van der Waals surface area contributed by atoms with Crippen LogP contribution in [0.1, 0.15) is 13.3 Å². The molecule has 120 valence electrons. The maximum atomic E-state index is 12.5. The first-order valence-corrected chi connectivity index (χ1v) is 7.97. The first kappa shape index (κ1) is 17.8. The minimum absolute atomic E-state index is 0.111. The van der Waals surface area contributed by atoms with E-state index in [4.69, 9.17) is 9.84 Å². The standard InChI is InChI=1S/C13H19F2NO4S/c1-2-9-20-11-3-5-12(6-4-11)21(18,19)16(7-8-17)10-13(14)15/h3-6,13,17H,2,7-10H2,1H3. The highest BCUT2D eigenvalue weighted by Crippen LogP contribution is 2.20. The molecule has 21 heavy (non-hydrogen) atoms. The summed E-state index contributed by atoms with van der Waals surface area (Å²) in [6.07, 6.45) is -1.99. The van der Waals surface area contributed by atoms with E-state index in [1.54, 1.807) is 0 Å². The molecule has 0 spiro atoms. The molecule has 1 rings (SSSR count). The van der Waals surface area contributed by atoms with E-state index in [2.05, 4.69) is 0 Å². The second-order valence-electron chi connectivity index (χ2n) is 4.30. The summed E-state index contributed by atoms with van der Waals surface area (Å²) in [6, 6.07) is 5.55. The zero-order valence-corrected chi connectivity index (χ0v) is 12.5. The van der Waals surface area contributed by atoms with Crippen molar-refractivity contribution in [2.45, 2.75) is 24.7 Å². The number of ether oxygens (including phenoxy) is 1. The first-order valence-electron chi connectivity index (χ1n) is 6.53. The summed E-state index contributed by atoms with van der Waals surface area (Å²) >= 11 is 0. The number of benzene rings is 1. The van der Waals surface area contributed by atoms with Gasteiger partial charge in [0.1, 0.15) is 5.75 Å². The van der Waals surface area contributed by atoms with E-state index >= 15 is 0 Å². The minimum Gasteiger partial charge on any atom is -0.494 e. The van der Waals surface area contributed by atoms with E-state index < -0.39 is 29.6 Å². The van der Waals surface area contributed by atoms with Gasteiger partial charge in [-0.25, -0.2) is 17.2 Å². The van der Waals surface area contributed by atoms with E-state index in [0.717, 1.165) is 6.42 Å². The first-order chi connectivity index (χ1) is 9.91. The van der Waals surface area contributed by atoms with Gasteiger partial charge in [-0.15, -0.1) is 0 Å². The van der Waals surface area contributed by atoms with Crippen LogP contribution in [-0.4, -0.2) is 50.6 Å². The number of aliphatic hydroxyl groups excluding tert-OH is 1. The van der Waals surface area contributed by atoms with Crippen molar-refractivity contribution in [3.63, 3.8) is 0 Å². The molecule has 0 atom stereocenters. The van der Waals surface area contributed by atoms with Crippen molar-refractivity contribution in [1.82, 2.24) is 4.31 Å². The summed E-state index contributed by atoms with van der Waals surface area (Å²) < 4.78 is 55.2. The van der Waals surface area contributed by atoms with Crippen LogP contribution in [0.5, 0.6) is 5.75 Å². The third kappa shape index (κ3) is 5.22. The number of aliphatic hydroxyl groups is 1. The van der Waals surface area contributed by atoms with Crippen LogP contribution in [0.15, 0.2) is 29.2 Å². The van der Waals surface area contributed by atoms with Gasteiger partial charge < -0.3 is 9.84 Å². The van der Waals surface area contributed by atoms with E-state index in [1.165, 1.54) is 24.3 Å². The quantitative estimate of drug-likeness (QED) is 0.751. The van der Waals surface area contributed by atoms with Crippen molar-refractivity contribution < 1.29 is 27.0 Å². The Bertz CT molecular complexity index is 519. The molecule has 0 amide bonds. The molecular weight excluding hydrogens is 304 g/mol. The van der Waals surface area contributed by atoms with E-state index in [0.29, 0.717) is 16.7 Å². The number of rotatable bonds is 9. The third-order valence-electron chi connectivity index (χ3n) is 2.63. The van der Waals surface area contributed by atoms with Crippen LogP contribution in [0.25, 0.3) is 0 Å². The third-order valence-corrected chi connectivity index (χ3v) is 4.50. The van der Waals surface area contributed by atoms with Gasteiger partial charge in [-0.05, 0) is 30.7 Å². The summed E-state index contributed by atoms with van der Waals surface area (Å²) in [6.45, 7) is 0.603. The highest BCUT2D eigenvalue weighted by Gasteiger charge is 2.26. The lowest BCUT2D eigenvalue weighted by Gasteiger charge is -2.20. The van der Waals surface area contributed by atoms with Gasteiger partial charge in [-0.1, -0.05) is 6.92 Å². The SMILES string of the molecule is CCCOc1ccc(S(=O)(=O)N(CCO)CC(F)F)cc1. The number of sulfonamides is 1. The average Bonchev–Trinajstić information content (AvgIpc) is 2.44. The second kappa shape index (κ2) is 8.26. The molecule has 1 aromatic rings. The van der Waals surface area contributed by atoms with Crippen LogP contribution in [0.2, 0.25) is 0 Å². The summed E-state index contributed by atoms with van der Waals surface area (Å²) in [5.74, 6) is 0.512. The van der Waals surface area contributed by atoms with Gasteiger partial charge in [0.05, 0.1) is 24.7 Å². The van der Waals surface area contributed by atoms with Crippen LogP contribution < -0.4 is 4.74 Å². The van der Waals surface area contributed by atoms with Crippen LogP contribution in [-0.2, 0) is 10.0 Å². The molecule has 0 radical (unpaired) electrons. The lowest BCUT2D eigenvalue weighted by atomic mass is 10.3. The van der Waals surface area contributed by atoms with Crippen molar-refractivity contribution in [2.75, 3.05) is 26.3 Å². The lowest BCUT2D eigenvalue weighted by Crippen LogP contribution is -2.37. The number of halogens is 2. The predicted molar refractivity (Wildman–Crippen MR) is 74.1 cm³/mol. The molecular formula is C13H19F2NO4S. The molecule has 0 aliphatic rings. The highest BCUT2D eigenvalue weighted by molar-refractivity contribution is 7.89. The van der Waals surface area contributed by atoms with Gasteiger partial charge in [0, 0.05) is 6.54 Å². The Morgan fingerprint density at radius 3 is 2.38 bits per heavy atom. The maximum absolute atomic E-state index is 12.5. The molecule has 0 heterocycles. The molecule has 0 aromatic heterocycles. The minimum atomic E-state index is -4.06. The van der Waals surface area contributed by atoms with Gasteiger partial charge in [-0.2, -0.15) is 4.31 Å². The van der Waals surface area contributed by atoms with Crippen molar-refractivity contribution in [1.29, 1.82) is 0 Å². The van der Waals surface area contributed by atoms with Crippen LogP contribution in [0.4, 0.5) is 8.78 Å². The summed E-state index contributed by atoms with van der Waals surface area (Å²) in [5.41, 5.74) is 0.